The van der Waals surface area contributed by atoms with Gasteiger partial charge in [0.15, 0.2) is 23.3 Å². The van der Waals surface area contributed by atoms with Crippen LogP contribution in [0.1, 0.15) is 0 Å². The van der Waals surface area contributed by atoms with Gasteiger partial charge in [-0.3, -0.25) is 0 Å². The van der Waals surface area contributed by atoms with Gasteiger partial charge in [0.25, 0.3) is 0 Å². The Bertz CT molecular complexity index is 3190. The standard InChI is InChI=1S/C49H29N5S2/c1-4-14-30(15-5-1)43-45-44(38-22-10-11-24-39(38)56-45)51-48(50-43)34-21-12-20-33(28-34)36-23-13-25-40-42(36)37-27-26-35(29-41(37)55-40)49-53-46(31-16-6-2-7-17-31)52-47(54-49)32-18-8-3-9-19-32/h1-29H. The summed E-state index contributed by atoms with van der Waals surface area (Å²) in [4.78, 5) is 25.4. The third kappa shape index (κ3) is 5.64. The van der Waals surface area contributed by atoms with E-state index in [1.54, 1.807) is 22.7 Å². The Morgan fingerprint density at radius 3 is 1.61 bits per heavy atom. The summed E-state index contributed by atoms with van der Waals surface area (Å²) in [6, 6.07) is 61.0. The van der Waals surface area contributed by atoms with E-state index < -0.39 is 0 Å². The SMILES string of the molecule is c1ccc(-c2nc(-c3ccccc3)nc(-c3ccc4c(c3)sc3cccc(-c5cccc(-c6nc(-c7ccccc7)c7sc8ccccc8c7n6)c5)c34)n2)cc1. The van der Waals surface area contributed by atoms with Crippen molar-refractivity contribution in [3.63, 3.8) is 0 Å². The predicted octanol–water partition coefficient (Wildman–Crippen LogP) is 13.4. The van der Waals surface area contributed by atoms with Crippen LogP contribution in [0.5, 0.6) is 0 Å². The third-order valence-electron chi connectivity index (χ3n) is 10.2. The van der Waals surface area contributed by atoms with Gasteiger partial charge < -0.3 is 0 Å². The van der Waals surface area contributed by atoms with Crippen LogP contribution in [0.15, 0.2) is 176 Å². The fourth-order valence-electron chi connectivity index (χ4n) is 7.48. The summed E-state index contributed by atoms with van der Waals surface area (Å²) in [6.45, 7) is 0. The molecule has 4 aromatic heterocycles. The molecule has 0 spiro atoms. The van der Waals surface area contributed by atoms with E-state index in [2.05, 4.69) is 109 Å². The first-order valence-electron chi connectivity index (χ1n) is 18.4. The van der Waals surface area contributed by atoms with Crippen LogP contribution in [0.4, 0.5) is 0 Å². The van der Waals surface area contributed by atoms with E-state index in [-0.39, 0.29) is 0 Å². The van der Waals surface area contributed by atoms with Crippen molar-refractivity contribution in [2.75, 3.05) is 0 Å². The lowest BCUT2D eigenvalue weighted by atomic mass is 9.97. The Morgan fingerprint density at radius 1 is 0.321 bits per heavy atom. The van der Waals surface area contributed by atoms with Crippen LogP contribution < -0.4 is 0 Å². The Morgan fingerprint density at radius 2 is 0.875 bits per heavy atom. The Kier molecular flexibility index (Phi) is 7.79. The number of nitrogens with zero attached hydrogens (tertiary/aromatic N) is 5. The van der Waals surface area contributed by atoms with E-state index >= 15 is 0 Å². The molecule has 0 unspecified atom stereocenters. The Hall–Kier alpha value is -6.93. The Labute approximate surface area is 330 Å². The quantitative estimate of drug-likeness (QED) is 0.169. The normalized spacial score (nSPS) is 11.6. The molecule has 56 heavy (non-hydrogen) atoms. The summed E-state index contributed by atoms with van der Waals surface area (Å²) in [7, 11) is 0. The van der Waals surface area contributed by atoms with E-state index in [1.165, 1.54) is 30.4 Å². The summed E-state index contributed by atoms with van der Waals surface area (Å²) >= 11 is 3.54. The second-order valence-electron chi connectivity index (χ2n) is 13.6. The van der Waals surface area contributed by atoms with Crippen molar-refractivity contribution >= 4 is 63.1 Å². The molecule has 0 bridgehead atoms. The minimum Gasteiger partial charge on any atom is -0.226 e. The van der Waals surface area contributed by atoms with Gasteiger partial charge in [-0.2, -0.15) is 0 Å². The van der Waals surface area contributed by atoms with Crippen LogP contribution >= 0.6 is 22.7 Å². The maximum absolute atomic E-state index is 5.25. The minimum atomic E-state index is 0.648. The van der Waals surface area contributed by atoms with Crippen LogP contribution in [-0.2, 0) is 0 Å². The van der Waals surface area contributed by atoms with Crippen LogP contribution in [0.3, 0.4) is 0 Å². The Balaban J connectivity index is 1.03. The predicted molar refractivity (Wildman–Crippen MR) is 234 cm³/mol. The molecule has 0 fully saturated rings. The zero-order valence-corrected chi connectivity index (χ0v) is 31.4. The van der Waals surface area contributed by atoms with Crippen molar-refractivity contribution in [2.45, 2.75) is 0 Å². The van der Waals surface area contributed by atoms with Gasteiger partial charge in [-0.05, 0) is 35.4 Å². The first kappa shape index (κ1) is 32.5. The molecule has 11 aromatic rings. The molecule has 4 heterocycles. The zero-order valence-electron chi connectivity index (χ0n) is 29.8. The molecule has 11 rings (SSSR count). The average molecular weight is 752 g/mol. The largest absolute Gasteiger partial charge is 0.226 e. The molecule has 7 aromatic carbocycles. The van der Waals surface area contributed by atoms with Gasteiger partial charge in [0, 0.05) is 58.1 Å². The van der Waals surface area contributed by atoms with Crippen molar-refractivity contribution in [1.29, 1.82) is 0 Å². The molecular formula is C49H29N5S2. The zero-order chi connectivity index (χ0) is 37.0. The lowest BCUT2D eigenvalue weighted by Crippen LogP contribution is -1.99. The fraction of sp³-hybridized carbons (Fsp3) is 0. The molecular weight excluding hydrogens is 723 g/mol. The molecule has 0 radical (unpaired) electrons. The van der Waals surface area contributed by atoms with Crippen LogP contribution in [0.2, 0.25) is 0 Å². The highest BCUT2D eigenvalue weighted by atomic mass is 32.1. The van der Waals surface area contributed by atoms with E-state index in [4.69, 9.17) is 24.9 Å². The topological polar surface area (TPSA) is 64.5 Å². The summed E-state index contributed by atoms with van der Waals surface area (Å²) < 4.78 is 4.72. The molecule has 0 saturated heterocycles. The summed E-state index contributed by atoms with van der Waals surface area (Å²) in [5.74, 6) is 2.67. The van der Waals surface area contributed by atoms with Crippen molar-refractivity contribution in [2.24, 2.45) is 0 Å². The van der Waals surface area contributed by atoms with E-state index in [0.29, 0.717) is 17.5 Å². The van der Waals surface area contributed by atoms with Crippen LogP contribution in [0, 0.1) is 0 Å². The highest BCUT2D eigenvalue weighted by Gasteiger charge is 2.19. The molecule has 7 heteroatoms. The first-order valence-corrected chi connectivity index (χ1v) is 20.0. The number of benzene rings is 7. The summed E-state index contributed by atoms with van der Waals surface area (Å²) in [5, 5.41) is 3.58. The smallest absolute Gasteiger partial charge is 0.164 e. The lowest BCUT2D eigenvalue weighted by Gasteiger charge is -2.10. The van der Waals surface area contributed by atoms with Gasteiger partial charge in [-0.25, -0.2) is 24.9 Å². The molecule has 0 aliphatic rings. The summed E-state index contributed by atoms with van der Waals surface area (Å²) in [5.41, 5.74) is 9.17. The highest BCUT2D eigenvalue weighted by molar-refractivity contribution is 7.26. The maximum Gasteiger partial charge on any atom is 0.164 e. The molecule has 262 valence electrons. The van der Waals surface area contributed by atoms with E-state index in [9.17, 15) is 0 Å². The van der Waals surface area contributed by atoms with Crippen molar-refractivity contribution in [1.82, 2.24) is 24.9 Å². The fourth-order valence-corrected chi connectivity index (χ4v) is 9.81. The first-order chi connectivity index (χ1) is 27.7. The van der Waals surface area contributed by atoms with Gasteiger partial charge in [0.2, 0.25) is 0 Å². The van der Waals surface area contributed by atoms with Gasteiger partial charge in [0.05, 0.1) is 15.9 Å². The number of rotatable bonds is 6. The van der Waals surface area contributed by atoms with Gasteiger partial charge >= 0.3 is 0 Å². The second-order valence-corrected chi connectivity index (χ2v) is 15.8. The molecule has 5 nitrogen and oxygen atoms in total. The van der Waals surface area contributed by atoms with E-state index in [0.717, 1.165) is 60.5 Å². The molecule has 0 N–H and O–H groups in total. The van der Waals surface area contributed by atoms with Crippen LogP contribution in [-0.4, -0.2) is 24.9 Å². The minimum absolute atomic E-state index is 0.648. The van der Waals surface area contributed by atoms with Gasteiger partial charge in [-0.15, -0.1) is 22.7 Å². The van der Waals surface area contributed by atoms with Crippen molar-refractivity contribution in [3.05, 3.63) is 176 Å². The monoisotopic (exact) mass is 751 g/mol. The highest BCUT2D eigenvalue weighted by Crippen LogP contribution is 2.43. The third-order valence-corrected chi connectivity index (χ3v) is 12.4. The summed E-state index contributed by atoms with van der Waals surface area (Å²) in [6.07, 6.45) is 0. The lowest BCUT2D eigenvalue weighted by molar-refractivity contribution is 1.07. The molecule has 0 amide bonds. The number of thiophene rings is 2. The number of hydrogen-bond donors (Lipinski definition) is 0. The number of fused-ring (bicyclic) bond motifs is 6. The number of hydrogen-bond acceptors (Lipinski definition) is 7. The van der Waals surface area contributed by atoms with E-state index in [1.807, 2.05) is 66.7 Å². The van der Waals surface area contributed by atoms with Crippen LogP contribution in [0.25, 0.3) is 108 Å². The molecule has 0 atom stereocenters. The maximum atomic E-state index is 5.25. The van der Waals surface area contributed by atoms with Gasteiger partial charge in [0.1, 0.15) is 0 Å². The van der Waals surface area contributed by atoms with Gasteiger partial charge in [-0.1, -0.05) is 152 Å². The number of aromatic nitrogens is 5. The molecule has 0 aliphatic heterocycles. The van der Waals surface area contributed by atoms with Crippen molar-refractivity contribution < 1.29 is 0 Å². The molecule has 0 saturated carbocycles. The van der Waals surface area contributed by atoms with Crippen molar-refractivity contribution in [3.8, 4) is 67.9 Å². The molecule has 0 aliphatic carbocycles. The second kappa shape index (κ2) is 13.4. The average Bonchev–Trinajstić information content (AvgIpc) is 3.85.